The Hall–Kier alpha value is -1.70. The second-order valence-corrected chi connectivity index (χ2v) is 5.83. The second kappa shape index (κ2) is 5.52. The van der Waals surface area contributed by atoms with E-state index in [-0.39, 0.29) is 4.90 Å². The number of sulfonamides is 1. The number of aryl methyl sites for hydroxylation is 1. The summed E-state index contributed by atoms with van der Waals surface area (Å²) >= 11 is 0. The summed E-state index contributed by atoms with van der Waals surface area (Å²) < 4.78 is 22.2. The summed E-state index contributed by atoms with van der Waals surface area (Å²) in [6, 6.07) is 6.49. The van der Waals surface area contributed by atoms with Crippen molar-refractivity contribution in [1.29, 1.82) is 0 Å². The van der Waals surface area contributed by atoms with Crippen molar-refractivity contribution in [2.75, 3.05) is 0 Å². The van der Waals surface area contributed by atoms with Crippen molar-refractivity contribution in [1.82, 2.24) is 15.3 Å². The fraction of sp³-hybridized carbons (Fsp3) is 0.250. The lowest BCUT2D eigenvalue weighted by Crippen LogP contribution is -2.14. The molecule has 0 bridgehead atoms. The van der Waals surface area contributed by atoms with Crippen LogP contribution in [-0.2, 0) is 23.1 Å². The van der Waals surface area contributed by atoms with E-state index < -0.39 is 10.0 Å². The van der Waals surface area contributed by atoms with Crippen LogP contribution in [0.2, 0.25) is 0 Å². The molecule has 0 fully saturated rings. The van der Waals surface area contributed by atoms with Gasteiger partial charge in [0.1, 0.15) is 0 Å². The van der Waals surface area contributed by atoms with Crippen LogP contribution in [0.4, 0.5) is 0 Å². The Morgan fingerprint density at radius 2 is 1.95 bits per heavy atom. The van der Waals surface area contributed by atoms with Crippen molar-refractivity contribution in [3.05, 3.63) is 47.5 Å². The Bertz CT molecular complexity index is 647. The predicted molar refractivity (Wildman–Crippen MR) is 71.7 cm³/mol. The molecule has 1 aromatic carbocycles. The van der Waals surface area contributed by atoms with Crippen molar-refractivity contribution < 1.29 is 8.42 Å². The molecule has 0 aliphatic rings. The van der Waals surface area contributed by atoms with E-state index in [9.17, 15) is 8.42 Å². The molecule has 0 radical (unpaired) electrons. The van der Waals surface area contributed by atoms with Crippen LogP contribution in [0.25, 0.3) is 0 Å². The van der Waals surface area contributed by atoms with Gasteiger partial charge >= 0.3 is 0 Å². The van der Waals surface area contributed by atoms with Gasteiger partial charge in [0.05, 0.1) is 16.9 Å². The number of aromatic amines is 1. The summed E-state index contributed by atoms with van der Waals surface area (Å²) in [6.07, 6.45) is 1.66. The second-order valence-electron chi connectivity index (χ2n) is 4.27. The Balaban J connectivity index is 1.92. The van der Waals surface area contributed by atoms with E-state index in [0.717, 1.165) is 17.0 Å². The fourth-order valence-electron chi connectivity index (χ4n) is 1.69. The third kappa shape index (κ3) is 3.63. The first kappa shape index (κ1) is 13.7. The van der Waals surface area contributed by atoms with Gasteiger partial charge in [-0.3, -0.25) is 0 Å². The summed E-state index contributed by atoms with van der Waals surface area (Å²) in [5, 5.41) is 8.27. The van der Waals surface area contributed by atoms with Crippen molar-refractivity contribution in [2.24, 2.45) is 5.14 Å². The monoisotopic (exact) mass is 280 g/mol. The summed E-state index contributed by atoms with van der Waals surface area (Å²) in [6.45, 7) is 3.26. The number of hydrogen-bond donors (Lipinski definition) is 3. The first-order chi connectivity index (χ1) is 8.97. The average molecular weight is 280 g/mol. The van der Waals surface area contributed by atoms with Crippen LogP contribution >= 0.6 is 0 Å². The van der Waals surface area contributed by atoms with Crippen LogP contribution in [0.1, 0.15) is 17.0 Å². The standard InChI is InChI=1S/C12H16N4O2S/c1-9-12(16-8-15-9)7-14-6-10-2-4-11(5-3-10)19(13,17)18/h2-5,8,14H,6-7H2,1H3,(H,15,16)(H2,13,17,18). The summed E-state index contributed by atoms with van der Waals surface area (Å²) in [4.78, 5) is 7.31. The highest BCUT2D eigenvalue weighted by Gasteiger charge is 2.06. The van der Waals surface area contributed by atoms with Gasteiger partial charge in [-0.15, -0.1) is 0 Å². The van der Waals surface area contributed by atoms with E-state index in [1.54, 1.807) is 18.5 Å². The molecule has 0 unspecified atom stereocenters. The van der Waals surface area contributed by atoms with Gasteiger partial charge in [-0.05, 0) is 24.6 Å². The molecule has 0 aliphatic heterocycles. The van der Waals surface area contributed by atoms with Gasteiger partial charge in [0, 0.05) is 18.8 Å². The molecule has 0 saturated carbocycles. The van der Waals surface area contributed by atoms with Gasteiger partial charge in [0.15, 0.2) is 0 Å². The molecule has 6 nitrogen and oxygen atoms in total. The molecule has 0 atom stereocenters. The van der Waals surface area contributed by atoms with Gasteiger partial charge < -0.3 is 10.3 Å². The van der Waals surface area contributed by atoms with E-state index in [4.69, 9.17) is 5.14 Å². The molecule has 7 heteroatoms. The largest absolute Gasteiger partial charge is 0.348 e. The number of nitrogens with two attached hydrogens (primary N) is 1. The third-order valence-corrected chi connectivity index (χ3v) is 3.74. The third-order valence-electron chi connectivity index (χ3n) is 2.81. The Labute approximate surface area is 112 Å². The maximum atomic E-state index is 11.1. The number of H-pyrrole nitrogens is 1. The number of primary sulfonamides is 1. The molecule has 2 aromatic rings. The van der Waals surface area contributed by atoms with Crippen LogP contribution in [0, 0.1) is 6.92 Å². The van der Waals surface area contributed by atoms with E-state index in [1.165, 1.54) is 12.1 Å². The number of imidazole rings is 1. The lowest BCUT2D eigenvalue weighted by atomic mass is 10.2. The average Bonchev–Trinajstić information content (AvgIpc) is 2.75. The van der Waals surface area contributed by atoms with Gasteiger partial charge in [0.25, 0.3) is 0 Å². The number of benzene rings is 1. The normalized spacial score (nSPS) is 11.7. The highest BCUT2D eigenvalue weighted by molar-refractivity contribution is 7.89. The van der Waals surface area contributed by atoms with Crippen molar-refractivity contribution in [3.63, 3.8) is 0 Å². The molecule has 0 aliphatic carbocycles. The molecule has 4 N–H and O–H groups in total. The summed E-state index contributed by atoms with van der Waals surface area (Å²) in [5.41, 5.74) is 3.00. The highest BCUT2D eigenvalue weighted by atomic mass is 32.2. The Kier molecular flexibility index (Phi) is 3.98. The zero-order chi connectivity index (χ0) is 13.9. The van der Waals surface area contributed by atoms with E-state index in [0.29, 0.717) is 13.1 Å². The van der Waals surface area contributed by atoms with Crippen LogP contribution in [0.3, 0.4) is 0 Å². The Morgan fingerprint density at radius 1 is 1.26 bits per heavy atom. The van der Waals surface area contributed by atoms with Gasteiger partial charge in [0.2, 0.25) is 10.0 Å². The van der Waals surface area contributed by atoms with Crippen molar-refractivity contribution in [2.45, 2.75) is 24.9 Å². The topological polar surface area (TPSA) is 101 Å². The van der Waals surface area contributed by atoms with Crippen molar-refractivity contribution in [3.8, 4) is 0 Å². The molecule has 0 saturated heterocycles. The maximum Gasteiger partial charge on any atom is 0.238 e. The minimum absolute atomic E-state index is 0.124. The SMILES string of the molecule is Cc1[nH]cnc1CNCc1ccc(S(N)(=O)=O)cc1. The van der Waals surface area contributed by atoms with Crippen LogP contribution in [-0.4, -0.2) is 18.4 Å². The maximum absolute atomic E-state index is 11.1. The molecule has 102 valence electrons. The van der Waals surface area contributed by atoms with E-state index in [2.05, 4.69) is 15.3 Å². The fourth-order valence-corrected chi connectivity index (χ4v) is 2.20. The number of nitrogens with zero attached hydrogens (tertiary/aromatic N) is 1. The van der Waals surface area contributed by atoms with Gasteiger partial charge in [-0.1, -0.05) is 12.1 Å². The molecule has 19 heavy (non-hydrogen) atoms. The smallest absolute Gasteiger partial charge is 0.238 e. The van der Waals surface area contributed by atoms with Crippen LogP contribution in [0.5, 0.6) is 0 Å². The lowest BCUT2D eigenvalue weighted by Gasteiger charge is -2.05. The number of nitrogens with one attached hydrogen (secondary N) is 2. The minimum Gasteiger partial charge on any atom is -0.348 e. The highest BCUT2D eigenvalue weighted by Crippen LogP contribution is 2.09. The van der Waals surface area contributed by atoms with Gasteiger partial charge in [-0.2, -0.15) is 0 Å². The van der Waals surface area contributed by atoms with Gasteiger partial charge in [-0.25, -0.2) is 18.5 Å². The quantitative estimate of drug-likeness (QED) is 0.748. The Morgan fingerprint density at radius 3 is 2.47 bits per heavy atom. The minimum atomic E-state index is -3.62. The molecular formula is C12H16N4O2S. The molecule has 1 heterocycles. The zero-order valence-corrected chi connectivity index (χ0v) is 11.4. The van der Waals surface area contributed by atoms with E-state index in [1.807, 2.05) is 6.92 Å². The lowest BCUT2D eigenvalue weighted by molar-refractivity contribution is 0.597. The van der Waals surface area contributed by atoms with E-state index >= 15 is 0 Å². The summed E-state index contributed by atoms with van der Waals surface area (Å²) in [7, 11) is -3.62. The first-order valence-electron chi connectivity index (χ1n) is 5.78. The van der Waals surface area contributed by atoms with Crippen molar-refractivity contribution >= 4 is 10.0 Å². The zero-order valence-electron chi connectivity index (χ0n) is 10.6. The van der Waals surface area contributed by atoms with Crippen LogP contribution in [0.15, 0.2) is 35.5 Å². The van der Waals surface area contributed by atoms with Crippen LogP contribution < -0.4 is 10.5 Å². The molecule has 2 rings (SSSR count). The number of aromatic nitrogens is 2. The first-order valence-corrected chi connectivity index (χ1v) is 7.33. The molecule has 0 amide bonds. The summed E-state index contributed by atoms with van der Waals surface area (Å²) in [5.74, 6) is 0. The molecular weight excluding hydrogens is 264 g/mol. The number of hydrogen-bond acceptors (Lipinski definition) is 4. The predicted octanol–water partition coefficient (Wildman–Crippen LogP) is 0.655. The molecule has 0 spiro atoms. The molecule has 1 aromatic heterocycles. The number of rotatable bonds is 5.